The normalized spacial score (nSPS) is 19.0. The summed E-state index contributed by atoms with van der Waals surface area (Å²) in [7, 11) is 0. The highest BCUT2D eigenvalue weighted by Gasteiger charge is 2.50. The first kappa shape index (κ1) is 7.67. The number of hydrogen-bond donors (Lipinski definition) is 1. The molecule has 12 heavy (non-hydrogen) atoms. The van der Waals surface area contributed by atoms with Gasteiger partial charge >= 0.3 is 5.97 Å². The lowest BCUT2D eigenvalue weighted by Crippen LogP contribution is -2.17. The van der Waals surface area contributed by atoms with Crippen molar-refractivity contribution in [3.8, 4) is 0 Å². The topological polar surface area (TPSA) is 63.1 Å². The van der Waals surface area contributed by atoms with E-state index in [4.69, 9.17) is 5.11 Å². The van der Waals surface area contributed by atoms with Crippen LogP contribution in [0.15, 0.2) is 5.38 Å². The number of carboxylic acid groups (broad SMARTS) is 1. The lowest BCUT2D eigenvalue weighted by atomic mass is 10.0. The molecule has 4 nitrogen and oxygen atoms in total. The maximum atomic E-state index is 10.8. The second kappa shape index (κ2) is 2.52. The van der Waals surface area contributed by atoms with E-state index in [1.165, 1.54) is 11.5 Å². The van der Waals surface area contributed by atoms with E-state index in [0.717, 1.165) is 18.5 Å². The van der Waals surface area contributed by atoms with Crippen LogP contribution >= 0.6 is 11.5 Å². The van der Waals surface area contributed by atoms with Crippen molar-refractivity contribution in [2.45, 2.75) is 19.3 Å². The van der Waals surface area contributed by atoms with Crippen molar-refractivity contribution in [3.63, 3.8) is 0 Å². The van der Waals surface area contributed by atoms with Crippen LogP contribution in [0.5, 0.6) is 0 Å². The minimum atomic E-state index is -0.699. The smallest absolute Gasteiger partial charge is 0.310 e. The largest absolute Gasteiger partial charge is 0.481 e. The molecule has 0 saturated heterocycles. The van der Waals surface area contributed by atoms with Crippen LogP contribution in [0.25, 0.3) is 0 Å². The Morgan fingerprint density at radius 1 is 1.75 bits per heavy atom. The molecule has 0 aliphatic heterocycles. The Balaban J connectivity index is 2.09. The summed E-state index contributed by atoms with van der Waals surface area (Å²) < 4.78 is 3.69. The minimum absolute atomic E-state index is 0.504. The van der Waals surface area contributed by atoms with Crippen LogP contribution in [-0.4, -0.2) is 20.7 Å². The molecule has 0 unspecified atom stereocenters. The molecule has 1 aromatic rings. The highest BCUT2D eigenvalue weighted by molar-refractivity contribution is 7.03. The highest BCUT2D eigenvalue weighted by atomic mass is 32.1. The molecule has 0 atom stereocenters. The minimum Gasteiger partial charge on any atom is -0.481 e. The van der Waals surface area contributed by atoms with Crippen LogP contribution in [-0.2, 0) is 11.2 Å². The first-order valence-corrected chi connectivity index (χ1v) is 4.56. The first-order valence-electron chi connectivity index (χ1n) is 3.72. The standard InChI is InChI=1S/C7H8N2O2S/c10-6(11)7(1-2-7)3-5-4-12-9-8-5/h4H,1-3H2,(H,10,11). The Bertz CT molecular complexity index is 292. The van der Waals surface area contributed by atoms with Crippen LogP contribution in [0.1, 0.15) is 18.5 Å². The SMILES string of the molecule is O=C(O)C1(Cc2csnn2)CC1. The quantitative estimate of drug-likeness (QED) is 0.759. The van der Waals surface area contributed by atoms with Gasteiger partial charge in [-0.2, -0.15) is 0 Å². The summed E-state index contributed by atoms with van der Waals surface area (Å²) in [6, 6.07) is 0. The molecule has 1 aliphatic carbocycles. The predicted octanol–water partition coefficient (Wildman–Crippen LogP) is 0.945. The molecule has 0 aromatic carbocycles. The van der Waals surface area contributed by atoms with E-state index in [2.05, 4.69) is 9.59 Å². The molecule has 1 N–H and O–H groups in total. The van der Waals surface area contributed by atoms with Gasteiger partial charge < -0.3 is 5.11 Å². The Morgan fingerprint density at radius 3 is 2.92 bits per heavy atom. The van der Waals surface area contributed by atoms with Crippen LogP contribution < -0.4 is 0 Å². The van der Waals surface area contributed by atoms with Gasteiger partial charge in [0, 0.05) is 11.8 Å². The van der Waals surface area contributed by atoms with Gasteiger partial charge in [-0.15, -0.1) is 5.10 Å². The van der Waals surface area contributed by atoms with Gasteiger partial charge in [0.2, 0.25) is 0 Å². The van der Waals surface area contributed by atoms with E-state index in [-0.39, 0.29) is 0 Å². The average molecular weight is 184 g/mol. The number of aliphatic carboxylic acids is 1. The maximum absolute atomic E-state index is 10.8. The van der Waals surface area contributed by atoms with Gasteiger partial charge in [-0.05, 0) is 24.4 Å². The van der Waals surface area contributed by atoms with Crippen LogP contribution in [0.2, 0.25) is 0 Å². The summed E-state index contributed by atoms with van der Waals surface area (Å²) in [5, 5.41) is 14.5. The molecule has 1 aromatic heterocycles. The first-order chi connectivity index (χ1) is 5.73. The van der Waals surface area contributed by atoms with Crippen molar-refractivity contribution in [2.24, 2.45) is 5.41 Å². The summed E-state index contributed by atoms with van der Waals surface area (Å²) in [5.41, 5.74) is 0.301. The number of nitrogens with zero attached hydrogens (tertiary/aromatic N) is 2. The molecule has 1 heterocycles. The number of hydrogen-bond acceptors (Lipinski definition) is 4. The zero-order valence-electron chi connectivity index (χ0n) is 6.36. The van der Waals surface area contributed by atoms with Gasteiger partial charge in [-0.25, -0.2) is 0 Å². The molecule has 1 saturated carbocycles. The van der Waals surface area contributed by atoms with Crippen LogP contribution in [0, 0.1) is 5.41 Å². The summed E-state index contributed by atoms with van der Waals surface area (Å²) >= 11 is 1.27. The van der Waals surface area contributed by atoms with Gasteiger partial charge in [0.1, 0.15) is 0 Å². The van der Waals surface area contributed by atoms with Crippen molar-refractivity contribution in [2.75, 3.05) is 0 Å². The van der Waals surface area contributed by atoms with Gasteiger partial charge in [0.15, 0.2) is 0 Å². The van der Waals surface area contributed by atoms with Crippen molar-refractivity contribution < 1.29 is 9.90 Å². The summed E-state index contributed by atoms with van der Waals surface area (Å²) in [5.74, 6) is -0.699. The molecular formula is C7H8N2O2S. The zero-order chi connectivity index (χ0) is 8.60. The Labute approximate surface area is 73.4 Å². The van der Waals surface area contributed by atoms with Gasteiger partial charge in [-0.1, -0.05) is 4.49 Å². The highest BCUT2D eigenvalue weighted by Crippen LogP contribution is 2.48. The summed E-state index contributed by atoms with van der Waals surface area (Å²) in [6.07, 6.45) is 2.10. The molecule has 64 valence electrons. The number of aromatic nitrogens is 2. The molecule has 0 radical (unpaired) electrons. The average Bonchev–Trinajstić information content (AvgIpc) is 2.60. The summed E-state index contributed by atoms with van der Waals surface area (Å²) in [4.78, 5) is 10.8. The monoisotopic (exact) mass is 184 g/mol. The van der Waals surface area contributed by atoms with E-state index < -0.39 is 11.4 Å². The van der Waals surface area contributed by atoms with Crippen molar-refractivity contribution in [3.05, 3.63) is 11.1 Å². The third-order valence-electron chi connectivity index (χ3n) is 2.23. The van der Waals surface area contributed by atoms with Crippen molar-refractivity contribution in [1.82, 2.24) is 9.59 Å². The number of carboxylic acids is 1. The Hall–Kier alpha value is -0.970. The molecular weight excluding hydrogens is 176 g/mol. The van der Waals surface area contributed by atoms with E-state index in [0.29, 0.717) is 6.42 Å². The summed E-state index contributed by atoms with van der Waals surface area (Å²) in [6.45, 7) is 0. The molecule has 5 heteroatoms. The van der Waals surface area contributed by atoms with Crippen LogP contribution in [0.4, 0.5) is 0 Å². The fraction of sp³-hybridized carbons (Fsp3) is 0.571. The lowest BCUT2D eigenvalue weighted by Gasteiger charge is -2.04. The second-order valence-electron chi connectivity index (χ2n) is 3.16. The van der Waals surface area contributed by atoms with Crippen LogP contribution in [0.3, 0.4) is 0 Å². The predicted molar refractivity (Wildman–Crippen MR) is 42.9 cm³/mol. The van der Waals surface area contributed by atoms with Gasteiger partial charge in [0.05, 0.1) is 11.1 Å². The zero-order valence-corrected chi connectivity index (χ0v) is 7.17. The van der Waals surface area contributed by atoms with Crippen molar-refractivity contribution in [1.29, 1.82) is 0 Å². The Morgan fingerprint density at radius 2 is 2.50 bits per heavy atom. The third-order valence-corrected chi connectivity index (χ3v) is 2.79. The molecule has 0 amide bonds. The number of carbonyl (C=O) groups is 1. The molecule has 2 rings (SSSR count). The molecule has 1 aliphatic rings. The second-order valence-corrected chi connectivity index (χ2v) is 3.77. The van der Waals surface area contributed by atoms with E-state index in [1.807, 2.05) is 5.38 Å². The molecule has 0 bridgehead atoms. The molecule has 0 spiro atoms. The Kier molecular flexibility index (Phi) is 1.61. The third kappa shape index (κ3) is 1.20. The van der Waals surface area contributed by atoms with Gasteiger partial charge in [0.25, 0.3) is 0 Å². The van der Waals surface area contributed by atoms with E-state index in [9.17, 15) is 4.79 Å². The lowest BCUT2D eigenvalue weighted by molar-refractivity contribution is -0.143. The van der Waals surface area contributed by atoms with E-state index >= 15 is 0 Å². The number of rotatable bonds is 3. The fourth-order valence-electron chi connectivity index (χ4n) is 1.22. The van der Waals surface area contributed by atoms with E-state index in [1.54, 1.807) is 0 Å². The van der Waals surface area contributed by atoms with Gasteiger partial charge in [-0.3, -0.25) is 4.79 Å². The van der Waals surface area contributed by atoms with Crippen molar-refractivity contribution >= 4 is 17.5 Å². The fourth-order valence-corrected chi connectivity index (χ4v) is 1.68. The maximum Gasteiger partial charge on any atom is 0.310 e. The molecule has 1 fully saturated rings.